The highest BCUT2D eigenvalue weighted by molar-refractivity contribution is 5.75. The Morgan fingerprint density at radius 3 is 2.72 bits per heavy atom. The van der Waals surface area contributed by atoms with E-state index in [1.807, 2.05) is 6.92 Å². The minimum atomic E-state index is -0.193. The molecule has 4 heteroatoms. The molecule has 1 aliphatic heterocycles. The van der Waals surface area contributed by atoms with Gasteiger partial charge in [0.15, 0.2) is 0 Å². The van der Waals surface area contributed by atoms with E-state index in [-0.39, 0.29) is 12.0 Å². The van der Waals surface area contributed by atoms with Crippen molar-refractivity contribution in [2.75, 3.05) is 33.3 Å². The number of hydrogen-bond acceptors (Lipinski definition) is 4. The lowest BCUT2D eigenvalue weighted by atomic mass is 9.85. The second-order valence-electron chi connectivity index (χ2n) is 5.95. The molecule has 1 atom stereocenters. The summed E-state index contributed by atoms with van der Waals surface area (Å²) in [6, 6.07) is -0.193. The molecule has 0 saturated carbocycles. The molecular weight excluding hydrogens is 228 g/mol. The van der Waals surface area contributed by atoms with Crippen molar-refractivity contribution in [2.24, 2.45) is 5.41 Å². The van der Waals surface area contributed by atoms with Crippen molar-refractivity contribution < 1.29 is 9.53 Å². The summed E-state index contributed by atoms with van der Waals surface area (Å²) in [5.41, 5.74) is 0.438. The molecule has 1 fully saturated rings. The SMILES string of the molecule is CCNC(CN1CCCC(C)(C)CC1)C(=O)OC. The van der Waals surface area contributed by atoms with E-state index in [4.69, 9.17) is 4.74 Å². The normalized spacial score (nSPS) is 22.2. The number of likely N-dealkylation sites (N-methyl/N-ethyl adjacent to an activating group) is 1. The standard InChI is InChI=1S/C14H28N2O2/c1-5-15-12(13(17)18-4)11-16-9-6-7-14(2,3)8-10-16/h12,15H,5-11H2,1-4H3. The second-order valence-corrected chi connectivity index (χ2v) is 5.95. The third-order valence-electron chi connectivity index (χ3n) is 3.81. The molecule has 1 aliphatic rings. The van der Waals surface area contributed by atoms with E-state index in [0.717, 1.165) is 26.2 Å². The van der Waals surface area contributed by atoms with Crippen LogP contribution in [0.1, 0.15) is 40.0 Å². The maximum atomic E-state index is 11.7. The molecule has 4 nitrogen and oxygen atoms in total. The number of nitrogens with one attached hydrogen (secondary N) is 1. The number of carbonyl (C=O) groups is 1. The molecule has 0 aromatic heterocycles. The highest BCUT2D eigenvalue weighted by atomic mass is 16.5. The number of methoxy groups -OCH3 is 1. The summed E-state index contributed by atoms with van der Waals surface area (Å²) in [5.74, 6) is -0.152. The minimum Gasteiger partial charge on any atom is -0.468 e. The first-order chi connectivity index (χ1) is 8.48. The van der Waals surface area contributed by atoms with Gasteiger partial charge in [0.25, 0.3) is 0 Å². The van der Waals surface area contributed by atoms with Crippen LogP contribution in [0, 0.1) is 5.41 Å². The molecule has 0 bridgehead atoms. The fourth-order valence-corrected chi connectivity index (χ4v) is 2.53. The Bertz CT molecular complexity index is 267. The zero-order valence-corrected chi connectivity index (χ0v) is 12.3. The first-order valence-corrected chi connectivity index (χ1v) is 7.02. The van der Waals surface area contributed by atoms with Gasteiger partial charge in [-0.1, -0.05) is 20.8 Å². The summed E-state index contributed by atoms with van der Waals surface area (Å²) in [6.07, 6.45) is 3.69. The fourth-order valence-electron chi connectivity index (χ4n) is 2.53. The summed E-state index contributed by atoms with van der Waals surface area (Å²) in [5, 5.41) is 3.21. The van der Waals surface area contributed by atoms with E-state index in [1.165, 1.54) is 26.4 Å². The summed E-state index contributed by atoms with van der Waals surface area (Å²) >= 11 is 0. The lowest BCUT2D eigenvalue weighted by molar-refractivity contribution is -0.143. The molecular formula is C14H28N2O2. The molecule has 1 saturated heterocycles. The van der Waals surface area contributed by atoms with Gasteiger partial charge in [0.1, 0.15) is 6.04 Å². The monoisotopic (exact) mass is 256 g/mol. The first kappa shape index (κ1) is 15.4. The van der Waals surface area contributed by atoms with Crippen LogP contribution in [0.5, 0.6) is 0 Å². The van der Waals surface area contributed by atoms with Crippen molar-refractivity contribution in [1.29, 1.82) is 0 Å². The molecule has 0 radical (unpaired) electrons. The maximum Gasteiger partial charge on any atom is 0.324 e. The lowest BCUT2D eigenvalue weighted by Crippen LogP contribution is -2.47. The van der Waals surface area contributed by atoms with Gasteiger partial charge in [0, 0.05) is 6.54 Å². The predicted octanol–water partition coefficient (Wildman–Crippen LogP) is 1.65. The van der Waals surface area contributed by atoms with Crippen LogP contribution in [-0.4, -0.2) is 50.2 Å². The summed E-state index contributed by atoms with van der Waals surface area (Å²) in [6.45, 7) is 10.4. The van der Waals surface area contributed by atoms with Crippen molar-refractivity contribution in [3.05, 3.63) is 0 Å². The van der Waals surface area contributed by atoms with Gasteiger partial charge in [-0.05, 0) is 44.3 Å². The number of hydrogen-bond donors (Lipinski definition) is 1. The van der Waals surface area contributed by atoms with Crippen LogP contribution in [0.4, 0.5) is 0 Å². The van der Waals surface area contributed by atoms with Crippen LogP contribution in [0.25, 0.3) is 0 Å². The Morgan fingerprint density at radius 1 is 1.39 bits per heavy atom. The Labute approximate surface area is 111 Å². The quantitative estimate of drug-likeness (QED) is 0.760. The van der Waals surface area contributed by atoms with Crippen molar-refractivity contribution in [3.63, 3.8) is 0 Å². The van der Waals surface area contributed by atoms with E-state index in [1.54, 1.807) is 0 Å². The van der Waals surface area contributed by atoms with Gasteiger partial charge < -0.3 is 15.0 Å². The molecule has 0 amide bonds. The first-order valence-electron chi connectivity index (χ1n) is 7.02. The van der Waals surface area contributed by atoms with E-state index < -0.39 is 0 Å². The maximum absolute atomic E-state index is 11.7. The predicted molar refractivity (Wildman–Crippen MR) is 73.6 cm³/mol. The van der Waals surface area contributed by atoms with Crippen LogP contribution in [0.3, 0.4) is 0 Å². The Kier molecular flexibility index (Phi) is 6.09. The van der Waals surface area contributed by atoms with Crippen LogP contribution in [-0.2, 0) is 9.53 Å². The van der Waals surface area contributed by atoms with Gasteiger partial charge in [-0.15, -0.1) is 0 Å². The molecule has 1 N–H and O–H groups in total. The zero-order valence-electron chi connectivity index (χ0n) is 12.3. The number of ether oxygens (including phenoxy) is 1. The van der Waals surface area contributed by atoms with Crippen LogP contribution >= 0.6 is 0 Å². The van der Waals surface area contributed by atoms with Gasteiger partial charge in [-0.3, -0.25) is 4.79 Å². The second kappa shape index (κ2) is 7.10. The molecule has 1 heterocycles. The number of nitrogens with zero attached hydrogens (tertiary/aromatic N) is 1. The fraction of sp³-hybridized carbons (Fsp3) is 0.929. The molecule has 0 aliphatic carbocycles. The molecule has 0 aromatic carbocycles. The Balaban J connectivity index is 2.50. The average molecular weight is 256 g/mol. The third kappa shape index (κ3) is 4.94. The largest absolute Gasteiger partial charge is 0.468 e. The molecule has 1 rings (SSSR count). The van der Waals surface area contributed by atoms with Crippen molar-refractivity contribution in [2.45, 2.75) is 46.1 Å². The van der Waals surface area contributed by atoms with Crippen molar-refractivity contribution in [3.8, 4) is 0 Å². The molecule has 18 heavy (non-hydrogen) atoms. The van der Waals surface area contributed by atoms with Crippen LogP contribution in [0.15, 0.2) is 0 Å². The number of esters is 1. The third-order valence-corrected chi connectivity index (χ3v) is 3.81. The van der Waals surface area contributed by atoms with E-state index in [2.05, 4.69) is 24.1 Å². The van der Waals surface area contributed by atoms with Crippen molar-refractivity contribution in [1.82, 2.24) is 10.2 Å². The van der Waals surface area contributed by atoms with Crippen LogP contribution < -0.4 is 5.32 Å². The van der Waals surface area contributed by atoms with Gasteiger partial charge in [-0.2, -0.15) is 0 Å². The lowest BCUT2D eigenvalue weighted by Gasteiger charge is -2.26. The summed E-state index contributed by atoms with van der Waals surface area (Å²) in [7, 11) is 1.46. The molecule has 1 unspecified atom stereocenters. The topological polar surface area (TPSA) is 41.6 Å². The smallest absolute Gasteiger partial charge is 0.324 e. The Morgan fingerprint density at radius 2 is 2.11 bits per heavy atom. The highest BCUT2D eigenvalue weighted by Crippen LogP contribution is 2.29. The van der Waals surface area contributed by atoms with Gasteiger partial charge in [0.05, 0.1) is 7.11 Å². The van der Waals surface area contributed by atoms with E-state index >= 15 is 0 Å². The molecule has 0 spiro atoms. The van der Waals surface area contributed by atoms with Crippen LogP contribution in [0.2, 0.25) is 0 Å². The van der Waals surface area contributed by atoms with E-state index in [9.17, 15) is 4.79 Å². The van der Waals surface area contributed by atoms with Gasteiger partial charge >= 0.3 is 5.97 Å². The number of likely N-dealkylation sites (tertiary alicyclic amines) is 1. The average Bonchev–Trinajstić information content (AvgIpc) is 2.49. The summed E-state index contributed by atoms with van der Waals surface area (Å²) < 4.78 is 4.85. The zero-order chi connectivity index (χ0) is 13.6. The highest BCUT2D eigenvalue weighted by Gasteiger charge is 2.26. The molecule has 106 valence electrons. The molecule has 0 aromatic rings. The minimum absolute atomic E-state index is 0.152. The van der Waals surface area contributed by atoms with Crippen molar-refractivity contribution >= 4 is 5.97 Å². The Hall–Kier alpha value is -0.610. The number of rotatable bonds is 5. The van der Waals surface area contributed by atoms with Gasteiger partial charge in [0.2, 0.25) is 0 Å². The summed E-state index contributed by atoms with van der Waals surface area (Å²) in [4.78, 5) is 14.1. The number of carbonyl (C=O) groups excluding carboxylic acids is 1. The van der Waals surface area contributed by atoms with Gasteiger partial charge in [-0.25, -0.2) is 0 Å². The van der Waals surface area contributed by atoms with E-state index in [0.29, 0.717) is 5.41 Å².